The van der Waals surface area contributed by atoms with Gasteiger partial charge in [0.25, 0.3) is 0 Å². The molecule has 0 bridgehead atoms. The van der Waals surface area contributed by atoms with Crippen LogP contribution in [0.3, 0.4) is 0 Å². The van der Waals surface area contributed by atoms with Crippen LogP contribution in [0.2, 0.25) is 5.02 Å². The number of hydrogen-bond donors (Lipinski definition) is 0. The highest BCUT2D eigenvalue weighted by atomic mass is 35.5. The van der Waals surface area contributed by atoms with Crippen molar-refractivity contribution in [3.63, 3.8) is 0 Å². The van der Waals surface area contributed by atoms with Crippen molar-refractivity contribution in [3.05, 3.63) is 107 Å². The fraction of sp³-hybridized carbons (Fsp3) is 0.412. The van der Waals surface area contributed by atoms with E-state index in [0.29, 0.717) is 18.0 Å². The molecule has 1 atom stereocenters. The lowest BCUT2D eigenvalue weighted by atomic mass is 9.66. The molecule has 2 aliphatic rings. The third-order valence-corrected chi connectivity index (χ3v) is 9.20. The van der Waals surface area contributed by atoms with Crippen LogP contribution < -0.4 is 0 Å². The Labute approximate surface area is 243 Å². The molecular formula is C34H39ClN2O3. The van der Waals surface area contributed by atoms with Crippen LogP contribution in [0.5, 0.6) is 0 Å². The second-order valence-corrected chi connectivity index (χ2v) is 11.5. The smallest absolute Gasteiger partial charge is 0.306 e. The zero-order valence-corrected chi connectivity index (χ0v) is 24.3. The number of rotatable bonds is 9. The number of likely N-dealkylation sites (tertiary alicyclic amines) is 2. The first kappa shape index (κ1) is 28.4. The lowest BCUT2D eigenvalue weighted by Gasteiger charge is -2.42. The number of esters is 1. The van der Waals surface area contributed by atoms with Gasteiger partial charge in [0.05, 0.1) is 0 Å². The molecule has 2 aliphatic heterocycles. The Morgan fingerprint density at radius 2 is 1.45 bits per heavy atom. The summed E-state index contributed by atoms with van der Waals surface area (Å²) in [5.41, 5.74) is 1.82. The van der Waals surface area contributed by atoms with Crippen molar-refractivity contribution in [2.45, 2.75) is 50.5 Å². The number of carbonyl (C=O) groups excluding carboxylic acids is 2. The van der Waals surface area contributed by atoms with E-state index in [-0.39, 0.29) is 17.8 Å². The molecule has 2 fully saturated rings. The summed E-state index contributed by atoms with van der Waals surface area (Å²) in [6, 6.07) is 28.3. The molecule has 1 amide bonds. The van der Waals surface area contributed by atoms with Crippen LogP contribution in [0.15, 0.2) is 84.9 Å². The largest absolute Gasteiger partial charge is 0.454 e. The van der Waals surface area contributed by atoms with Crippen LogP contribution in [-0.2, 0) is 25.3 Å². The van der Waals surface area contributed by atoms with E-state index in [0.717, 1.165) is 62.1 Å². The molecule has 1 unspecified atom stereocenters. The number of piperidine rings is 1. The van der Waals surface area contributed by atoms with E-state index >= 15 is 0 Å². The minimum atomic E-state index is -0.696. The first-order chi connectivity index (χ1) is 19.4. The summed E-state index contributed by atoms with van der Waals surface area (Å²) in [4.78, 5) is 31.1. The van der Waals surface area contributed by atoms with Crippen LogP contribution in [-0.4, -0.2) is 54.4 Å². The second kappa shape index (κ2) is 12.2. The molecule has 3 aromatic carbocycles. The van der Waals surface area contributed by atoms with Crippen molar-refractivity contribution >= 4 is 23.5 Å². The Kier molecular flexibility index (Phi) is 8.62. The van der Waals surface area contributed by atoms with Crippen molar-refractivity contribution in [2.75, 3.05) is 32.7 Å². The Morgan fingerprint density at radius 3 is 1.98 bits per heavy atom. The molecule has 0 aromatic heterocycles. The van der Waals surface area contributed by atoms with Crippen molar-refractivity contribution < 1.29 is 14.3 Å². The standard InChI is InChI=1S/C34H39ClN2O3/c1-3-31(38)40-33(26-15-17-30(35)18-16-26)20-23-36(24-21-33)22-19-29-25-37(4-2)32(39)34(29,27-11-7-5-8-12-27)28-13-9-6-10-14-28/h5-18,29H,3-4,19-25H2,1-2H3. The van der Waals surface area contributed by atoms with Crippen LogP contribution >= 0.6 is 11.6 Å². The summed E-state index contributed by atoms with van der Waals surface area (Å²) in [5, 5.41) is 0.672. The summed E-state index contributed by atoms with van der Waals surface area (Å²) in [6.07, 6.45) is 2.71. The zero-order valence-electron chi connectivity index (χ0n) is 23.5. The van der Waals surface area contributed by atoms with Crippen molar-refractivity contribution in [2.24, 2.45) is 5.92 Å². The van der Waals surface area contributed by atoms with Crippen LogP contribution in [0.4, 0.5) is 0 Å². The highest BCUT2D eigenvalue weighted by Crippen LogP contribution is 2.47. The Bertz CT molecular complexity index is 1250. The summed E-state index contributed by atoms with van der Waals surface area (Å²) in [5.74, 6) is 0.165. The molecule has 3 aromatic rings. The van der Waals surface area contributed by atoms with Gasteiger partial charge in [-0.3, -0.25) is 9.59 Å². The lowest BCUT2D eigenvalue weighted by molar-refractivity contribution is -0.166. The maximum Gasteiger partial charge on any atom is 0.306 e. The van der Waals surface area contributed by atoms with Gasteiger partial charge in [-0.05, 0) is 48.7 Å². The third-order valence-electron chi connectivity index (χ3n) is 8.94. The van der Waals surface area contributed by atoms with Gasteiger partial charge in [0.2, 0.25) is 5.91 Å². The topological polar surface area (TPSA) is 49.9 Å². The summed E-state index contributed by atoms with van der Waals surface area (Å²) in [6.45, 7) is 7.88. The molecule has 0 N–H and O–H groups in total. The average molecular weight is 559 g/mol. The first-order valence-electron chi connectivity index (χ1n) is 14.5. The molecule has 2 saturated heterocycles. The normalized spacial score (nSPS) is 20.4. The first-order valence-corrected chi connectivity index (χ1v) is 14.9. The van der Waals surface area contributed by atoms with E-state index in [1.54, 1.807) is 0 Å². The quantitative estimate of drug-likeness (QED) is 0.284. The number of carbonyl (C=O) groups is 2. The predicted molar refractivity (Wildman–Crippen MR) is 159 cm³/mol. The van der Waals surface area contributed by atoms with Gasteiger partial charge in [0.15, 0.2) is 0 Å². The van der Waals surface area contributed by atoms with Crippen LogP contribution in [0, 0.1) is 5.92 Å². The van der Waals surface area contributed by atoms with Gasteiger partial charge < -0.3 is 14.5 Å². The van der Waals surface area contributed by atoms with E-state index in [4.69, 9.17) is 16.3 Å². The van der Waals surface area contributed by atoms with Gasteiger partial charge in [0.1, 0.15) is 11.0 Å². The molecule has 6 heteroatoms. The van der Waals surface area contributed by atoms with Gasteiger partial charge in [-0.25, -0.2) is 0 Å². The van der Waals surface area contributed by atoms with Crippen LogP contribution in [0.1, 0.15) is 56.2 Å². The fourth-order valence-electron chi connectivity index (χ4n) is 6.75. The number of likely N-dealkylation sites (N-methyl/N-ethyl adjacent to an activating group) is 1. The van der Waals surface area contributed by atoms with E-state index in [1.165, 1.54) is 0 Å². The van der Waals surface area contributed by atoms with Gasteiger partial charge >= 0.3 is 5.97 Å². The van der Waals surface area contributed by atoms with Crippen molar-refractivity contribution in [1.29, 1.82) is 0 Å². The van der Waals surface area contributed by atoms with Crippen molar-refractivity contribution in [1.82, 2.24) is 9.80 Å². The van der Waals surface area contributed by atoms with Crippen molar-refractivity contribution in [3.8, 4) is 0 Å². The molecule has 0 saturated carbocycles. The number of benzene rings is 3. The summed E-state index contributed by atoms with van der Waals surface area (Å²) in [7, 11) is 0. The average Bonchev–Trinajstić information content (AvgIpc) is 3.29. The highest BCUT2D eigenvalue weighted by molar-refractivity contribution is 6.30. The zero-order chi connectivity index (χ0) is 28.2. The number of ether oxygens (including phenoxy) is 1. The molecule has 5 rings (SSSR count). The number of hydrogen-bond acceptors (Lipinski definition) is 4. The van der Waals surface area contributed by atoms with E-state index < -0.39 is 11.0 Å². The Morgan fingerprint density at radius 1 is 0.875 bits per heavy atom. The molecule has 0 spiro atoms. The number of halogens is 1. The molecule has 5 nitrogen and oxygen atoms in total. The molecule has 0 aliphatic carbocycles. The molecule has 40 heavy (non-hydrogen) atoms. The number of amides is 1. The van der Waals surface area contributed by atoms with Gasteiger partial charge in [-0.1, -0.05) is 91.3 Å². The summed E-state index contributed by atoms with van der Waals surface area (Å²) < 4.78 is 6.11. The molecular weight excluding hydrogens is 520 g/mol. The van der Waals surface area contributed by atoms with Gasteiger partial charge in [0, 0.05) is 56.4 Å². The number of nitrogens with zero attached hydrogens (tertiary/aromatic N) is 2. The maximum absolute atomic E-state index is 14.2. The van der Waals surface area contributed by atoms with Crippen LogP contribution in [0.25, 0.3) is 0 Å². The molecule has 2 heterocycles. The maximum atomic E-state index is 14.2. The fourth-order valence-corrected chi connectivity index (χ4v) is 6.87. The lowest BCUT2D eigenvalue weighted by Crippen LogP contribution is -2.46. The molecule has 210 valence electrons. The molecule has 0 radical (unpaired) electrons. The minimum Gasteiger partial charge on any atom is -0.454 e. The Balaban J connectivity index is 1.38. The predicted octanol–water partition coefficient (Wildman–Crippen LogP) is 6.44. The SMILES string of the molecule is CCC(=O)OC1(c2ccc(Cl)cc2)CCN(CCC2CN(CC)C(=O)C2(c2ccccc2)c2ccccc2)CC1. The van der Waals surface area contributed by atoms with Gasteiger partial charge in [-0.2, -0.15) is 0 Å². The second-order valence-electron chi connectivity index (χ2n) is 11.0. The highest BCUT2D eigenvalue weighted by Gasteiger charge is 2.55. The van der Waals surface area contributed by atoms with Gasteiger partial charge in [-0.15, -0.1) is 0 Å². The monoisotopic (exact) mass is 558 g/mol. The van der Waals surface area contributed by atoms with E-state index in [9.17, 15) is 9.59 Å². The summed E-state index contributed by atoms with van der Waals surface area (Å²) >= 11 is 6.15. The third kappa shape index (κ3) is 5.29. The Hall–Kier alpha value is -3.15. The minimum absolute atomic E-state index is 0.144. The van der Waals surface area contributed by atoms with E-state index in [1.807, 2.05) is 72.5 Å². The van der Waals surface area contributed by atoms with E-state index in [2.05, 4.69) is 36.1 Å².